The summed E-state index contributed by atoms with van der Waals surface area (Å²) < 4.78 is 6.24. The quantitative estimate of drug-likeness (QED) is 0.224. The molecule has 0 aromatic heterocycles. The lowest BCUT2D eigenvalue weighted by Gasteiger charge is -2.62. The van der Waals surface area contributed by atoms with E-state index in [2.05, 4.69) is 41.3 Å². The number of rotatable bonds is 11. The second-order valence-electron chi connectivity index (χ2n) is 11.2. The second-order valence-corrected chi connectivity index (χ2v) is 11.2. The molecule has 6 rings (SSSR count). The third-order valence-electron chi connectivity index (χ3n) is 8.80. The van der Waals surface area contributed by atoms with Crippen molar-refractivity contribution in [2.24, 2.45) is 5.41 Å². The average molecular weight is 547 g/mol. The molecule has 0 amide bonds. The van der Waals surface area contributed by atoms with Gasteiger partial charge in [-0.05, 0) is 46.1 Å². The lowest BCUT2D eigenvalue weighted by atomic mass is 9.62. The Morgan fingerprint density at radius 1 is 0.829 bits per heavy atom. The molecular weight excluding hydrogens is 513 g/mol. The summed E-state index contributed by atoms with van der Waals surface area (Å²) in [7, 11) is -1.43. The molecule has 1 aliphatic heterocycles. The van der Waals surface area contributed by atoms with Crippen LogP contribution >= 0.6 is 0 Å². The van der Waals surface area contributed by atoms with Crippen molar-refractivity contribution < 1.29 is 24.7 Å². The first kappa shape index (κ1) is 27.4. The van der Waals surface area contributed by atoms with Gasteiger partial charge in [0, 0.05) is 12.0 Å². The molecule has 0 bridgehead atoms. The monoisotopic (exact) mass is 547 g/mol. The summed E-state index contributed by atoms with van der Waals surface area (Å²) in [5.74, 6) is -0.902. The van der Waals surface area contributed by atoms with Gasteiger partial charge in [0.05, 0.1) is 18.8 Å². The molecule has 1 fully saturated rings. The molecule has 0 saturated carbocycles. The number of benzene rings is 4. The molecule has 0 radical (unpaired) electrons. The van der Waals surface area contributed by atoms with Crippen LogP contribution in [0, 0.1) is 5.41 Å². The first-order valence-electron chi connectivity index (χ1n) is 14.2. The summed E-state index contributed by atoms with van der Waals surface area (Å²) in [6.45, 7) is 1.12. The minimum Gasteiger partial charge on any atom is -0.480 e. The van der Waals surface area contributed by atoms with Crippen LogP contribution in [0.2, 0.25) is 6.32 Å². The van der Waals surface area contributed by atoms with E-state index in [0.29, 0.717) is 26.0 Å². The van der Waals surface area contributed by atoms with Gasteiger partial charge in [-0.3, -0.25) is 9.69 Å². The number of carboxylic acids is 1. The van der Waals surface area contributed by atoms with E-state index in [9.17, 15) is 19.9 Å². The van der Waals surface area contributed by atoms with Gasteiger partial charge in [0.2, 0.25) is 0 Å². The smallest absolute Gasteiger partial charge is 0.451 e. The standard InChI is InChI=1S/C34H34BNO5/c37-32(38)31-33(20-11-21-35(39)40,24-41-22-25-12-3-1-4-13-25)23-36(31)34(26-14-5-2-6-15-26)29-18-9-7-16-27(29)28-17-8-10-19-30(28)34/h1-10,12-19,31,39-40H,11,20-24H2,(H,37,38). The zero-order valence-electron chi connectivity index (χ0n) is 22.9. The zero-order chi connectivity index (χ0) is 28.5. The number of hydrogen-bond acceptors (Lipinski definition) is 5. The maximum atomic E-state index is 13.3. The van der Waals surface area contributed by atoms with Crippen LogP contribution in [0.4, 0.5) is 0 Å². The molecule has 3 N–H and O–H groups in total. The third-order valence-corrected chi connectivity index (χ3v) is 8.80. The maximum Gasteiger partial charge on any atom is 0.451 e. The number of likely N-dealkylation sites (tertiary alicyclic amines) is 1. The van der Waals surface area contributed by atoms with E-state index < -0.39 is 30.1 Å². The lowest BCUT2D eigenvalue weighted by molar-refractivity contribution is -0.189. The summed E-state index contributed by atoms with van der Waals surface area (Å²) in [5.41, 5.74) is 4.91. The van der Waals surface area contributed by atoms with Gasteiger partial charge in [0.25, 0.3) is 0 Å². The molecule has 6 nitrogen and oxygen atoms in total. The van der Waals surface area contributed by atoms with Crippen molar-refractivity contribution in [3.8, 4) is 11.1 Å². The van der Waals surface area contributed by atoms with Crippen LogP contribution in [-0.2, 0) is 21.7 Å². The molecule has 1 aliphatic carbocycles. The van der Waals surface area contributed by atoms with Gasteiger partial charge in [0.15, 0.2) is 0 Å². The molecule has 1 saturated heterocycles. The fourth-order valence-corrected chi connectivity index (χ4v) is 7.12. The molecule has 0 spiro atoms. The van der Waals surface area contributed by atoms with Gasteiger partial charge in [-0.25, -0.2) is 0 Å². The molecule has 2 unspecified atom stereocenters. The Labute approximate surface area is 241 Å². The predicted octanol–water partition coefficient (Wildman–Crippen LogP) is 5.18. The van der Waals surface area contributed by atoms with E-state index in [1.54, 1.807) is 0 Å². The number of ether oxygens (including phenoxy) is 1. The van der Waals surface area contributed by atoms with Gasteiger partial charge in [-0.2, -0.15) is 0 Å². The zero-order valence-corrected chi connectivity index (χ0v) is 22.9. The van der Waals surface area contributed by atoms with Crippen LogP contribution < -0.4 is 0 Å². The Bertz CT molecular complexity index is 1470. The largest absolute Gasteiger partial charge is 0.480 e. The highest BCUT2D eigenvalue weighted by Crippen LogP contribution is 2.60. The van der Waals surface area contributed by atoms with Gasteiger partial charge in [0.1, 0.15) is 6.04 Å². The Hall–Kier alpha value is -3.75. The lowest BCUT2D eigenvalue weighted by Crippen LogP contribution is -2.74. The molecule has 1 heterocycles. The van der Waals surface area contributed by atoms with Gasteiger partial charge in [-0.15, -0.1) is 0 Å². The molecular formula is C34H34BNO5. The van der Waals surface area contributed by atoms with Crippen molar-refractivity contribution in [1.82, 2.24) is 4.90 Å². The number of aliphatic carboxylic acids is 1. The van der Waals surface area contributed by atoms with Crippen molar-refractivity contribution in [2.75, 3.05) is 13.2 Å². The van der Waals surface area contributed by atoms with Crippen molar-refractivity contribution >= 4 is 13.1 Å². The van der Waals surface area contributed by atoms with E-state index in [4.69, 9.17) is 4.74 Å². The normalized spacial score (nSPS) is 20.6. The Kier molecular flexibility index (Phi) is 7.53. The predicted molar refractivity (Wildman–Crippen MR) is 159 cm³/mol. The molecule has 2 atom stereocenters. The van der Waals surface area contributed by atoms with Gasteiger partial charge >= 0.3 is 13.1 Å². The van der Waals surface area contributed by atoms with Crippen molar-refractivity contribution in [1.29, 1.82) is 0 Å². The number of hydrogen-bond donors (Lipinski definition) is 3. The third kappa shape index (κ3) is 4.69. The Balaban J connectivity index is 1.44. The first-order chi connectivity index (χ1) is 20.0. The van der Waals surface area contributed by atoms with Crippen LogP contribution in [0.25, 0.3) is 11.1 Å². The molecule has 2 aliphatic rings. The second kappa shape index (κ2) is 11.3. The molecule has 4 aromatic rings. The molecule has 41 heavy (non-hydrogen) atoms. The number of carboxylic acid groups (broad SMARTS) is 1. The number of nitrogens with zero attached hydrogens (tertiary/aromatic N) is 1. The summed E-state index contributed by atoms with van der Waals surface area (Å²) >= 11 is 0. The highest BCUT2D eigenvalue weighted by molar-refractivity contribution is 6.40. The fraction of sp³-hybridized carbons (Fsp3) is 0.265. The SMILES string of the molecule is O=C(O)C1N(C2(c3ccccc3)c3ccccc3-c3ccccc32)CC1(CCCB(O)O)COCc1ccccc1. The van der Waals surface area contributed by atoms with E-state index in [1.807, 2.05) is 72.8 Å². The molecule has 208 valence electrons. The van der Waals surface area contributed by atoms with Crippen LogP contribution in [0.1, 0.15) is 35.1 Å². The van der Waals surface area contributed by atoms with Crippen molar-refractivity contribution in [3.63, 3.8) is 0 Å². The van der Waals surface area contributed by atoms with Crippen molar-refractivity contribution in [3.05, 3.63) is 131 Å². The highest BCUT2D eigenvalue weighted by Gasteiger charge is 2.65. The fourth-order valence-electron chi connectivity index (χ4n) is 7.12. The first-order valence-corrected chi connectivity index (χ1v) is 14.2. The van der Waals surface area contributed by atoms with E-state index in [0.717, 1.165) is 33.4 Å². The minimum absolute atomic E-state index is 0.183. The topological polar surface area (TPSA) is 90.2 Å². The minimum atomic E-state index is -1.43. The number of carbonyl (C=O) groups is 1. The summed E-state index contributed by atoms with van der Waals surface area (Å²) in [4.78, 5) is 15.4. The van der Waals surface area contributed by atoms with Crippen LogP contribution in [-0.4, -0.2) is 52.3 Å². The average Bonchev–Trinajstić information content (AvgIpc) is 3.27. The Morgan fingerprint density at radius 2 is 1.39 bits per heavy atom. The van der Waals surface area contributed by atoms with E-state index >= 15 is 0 Å². The van der Waals surface area contributed by atoms with Crippen molar-refractivity contribution in [2.45, 2.75) is 37.3 Å². The summed E-state index contributed by atoms with van der Waals surface area (Å²) in [5, 5.41) is 30.0. The summed E-state index contributed by atoms with van der Waals surface area (Å²) in [6.07, 6.45) is 1.17. The van der Waals surface area contributed by atoms with E-state index in [-0.39, 0.29) is 12.9 Å². The van der Waals surface area contributed by atoms with E-state index in [1.165, 1.54) is 0 Å². The summed E-state index contributed by atoms with van der Waals surface area (Å²) in [6, 6.07) is 35.8. The highest BCUT2D eigenvalue weighted by atomic mass is 16.5. The van der Waals surface area contributed by atoms with Gasteiger partial charge < -0.3 is 19.9 Å². The van der Waals surface area contributed by atoms with Gasteiger partial charge in [-0.1, -0.05) is 116 Å². The van der Waals surface area contributed by atoms with Crippen LogP contribution in [0.5, 0.6) is 0 Å². The molecule has 4 aromatic carbocycles. The van der Waals surface area contributed by atoms with Crippen LogP contribution in [0.15, 0.2) is 109 Å². The van der Waals surface area contributed by atoms with Crippen LogP contribution in [0.3, 0.4) is 0 Å². The molecule has 7 heteroatoms. The Morgan fingerprint density at radius 3 is 1.98 bits per heavy atom. The maximum absolute atomic E-state index is 13.3. The number of fused-ring (bicyclic) bond motifs is 3.